The number of ether oxygens (including phenoxy) is 12. The average molecular weight is 1020 g/mol. The summed E-state index contributed by atoms with van der Waals surface area (Å²) in [6.45, 7) is 23.0. The number of carbonyl (C=O) groups is 3. The summed E-state index contributed by atoms with van der Waals surface area (Å²) in [5, 5.41) is 8.56. The van der Waals surface area contributed by atoms with Gasteiger partial charge in [-0.3, -0.25) is 20.7 Å². The molecule has 0 saturated carbocycles. The topological polar surface area (TPSA) is 199 Å². The number of hydrogen-bond donors (Lipinski definition) is 1. The molecule has 11 atom stereocenters. The summed E-state index contributed by atoms with van der Waals surface area (Å²) < 4.78 is 67.2. The van der Waals surface area contributed by atoms with E-state index in [4.69, 9.17) is 61.9 Å². The van der Waals surface area contributed by atoms with Crippen molar-refractivity contribution in [2.45, 2.75) is 192 Å². The van der Waals surface area contributed by atoms with Crippen LogP contribution in [0.3, 0.4) is 0 Å². The Labute approximate surface area is 362 Å². The molecule has 0 amide bonds. The standard InChI is InChI=1S/C25H41O10.C8H14O4.C8H13O3.Os/c1-17-7-10-29-23(5,33-17)14-21(26)28-16-25(31-12-9-19(3)35-25)13-20(4)32-22(27)15-24(6)30-11-8-18(2)34-24;1-6-3-4-11-8(2,12-6)5-7(9)10;1-7-3-6-10-8(2,11-7)4-5-9;/h17-20H,4,7-16H2,1-3,5-6H3;6H,3-5H2,1-2H3,(H,9,10);7H,3-4,6H2,1-2H3;/q-1;;-1;+2/t17?,18?,19?,20-,23?,24?,25?;;;/m0.../s1. The maximum atomic E-state index is 12.6. The predicted molar refractivity (Wildman–Crippen MR) is 205 cm³/mol. The van der Waals surface area contributed by atoms with Crippen molar-refractivity contribution in [3.63, 3.8) is 0 Å². The van der Waals surface area contributed by atoms with Crippen molar-refractivity contribution < 1.29 is 101 Å². The molecule has 0 bridgehead atoms. The van der Waals surface area contributed by atoms with Gasteiger partial charge in [0.15, 0.2) is 17.4 Å². The fourth-order valence-corrected chi connectivity index (χ4v) is 7.11. The van der Waals surface area contributed by atoms with Crippen molar-refractivity contribution >= 4 is 24.2 Å². The maximum Gasteiger partial charge on any atom is 2.00 e. The third-order valence-corrected chi connectivity index (χ3v) is 9.92. The van der Waals surface area contributed by atoms with Crippen LogP contribution in [-0.2, 0) is 95.8 Å². The van der Waals surface area contributed by atoms with Gasteiger partial charge in [-0.05, 0) is 101 Å². The van der Waals surface area contributed by atoms with Crippen LogP contribution >= 0.6 is 0 Å². The molecule has 0 aromatic rings. The molecule has 5 fully saturated rings. The quantitative estimate of drug-likeness (QED) is 0.189. The molecule has 5 rings (SSSR count). The van der Waals surface area contributed by atoms with E-state index < -0.39 is 52.9 Å². The number of aliphatic carboxylic acids is 1. The van der Waals surface area contributed by atoms with Gasteiger partial charge in [-0.15, -0.1) is 0 Å². The molecular weight excluding hydrogens is 955 g/mol. The summed E-state index contributed by atoms with van der Waals surface area (Å²) in [5.41, 5.74) is 0. The van der Waals surface area contributed by atoms with Gasteiger partial charge < -0.3 is 73.7 Å². The van der Waals surface area contributed by atoms with E-state index in [1.54, 1.807) is 34.0 Å². The normalized spacial score (nSPS) is 37.7. The second-order valence-electron chi connectivity index (χ2n) is 16.5. The van der Waals surface area contributed by atoms with Crippen LogP contribution in [0.2, 0.25) is 0 Å². The van der Waals surface area contributed by atoms with E-state index >= 15 is 0 Å². The van der Waals surface area contributed by atoms with Crippen molar-refractivity contribution in [1.82, 2.24) is 0 Å². The smallest absolute Gasteiger partial charge is 0.542 e. The molecular formula is C41H68O17Os. The van der Waals surface area contributed by atoms with Crippen molar-refractivity contribution in [2.75, 3.05) is 39.6 Å². The van der Waals surface area contributed by atoms with Crippen LogP contribution in [0.5, 0.6) is 0 Å². The molecule has 59 heavy (non-hydrogen) atoms. The number of esters is 2. The van der Waals surface area contributed by atoms with Gasteiger partial charge >= 0.3 is 37.7 Å². The molecule has 5 aliphatic heterocycles. The predicted octanol–water partition coefficient (Wildman–Crippen LogP) is 5.08. The summed E-state index contributed by atoms with van der Waals surface area (Å²) in [6, 6.07) is 0. The zero-order chi connectivity index (χ0) is 43.2. The first-order valence-corrected chi connectivity index (χ1v) is 20.4. The van der Waals surface area contributed by atoms with E-state index in [0.29, 0.717) is 39.5 Å². The zero-order valence-corrected chi connectivity index (χ0v) is 38.9. The van der Waals surface area contributed by atoms with E-state index in [1.165, 1.54) is 0 Å². The fourth-order valence-electron chi connectivity index (χ4n) is 7.11. The van der Waals surface area contributed by atoms with Crippen LogP contribution in [0, 0.1) is 6.92 Å². The Balaban J connectivity index is 0.000000405. The Hall–Kier alpha value is -1.68. The average Bonchev–Trinajstić information content (AvgIpc) is 3.06. The Bertz CT molecular complexity index is 1320. The summed E-state index contributed by atoms with van der Waals surface area (Å²) in [4.78, 5) is 45.7. The fraction of sp³-hybridized carbons (Fsp3) is 0.878. The van der Waals surface area contributed by atoms with E-state index in [1.807, 2.05) is 34.6 Å². The number of rotatable bonds is 13. The molecule has 0 aromatic carbocycles. The first-order valence-electron chi connectivity index (χ1n) is 20.4. The monoisotopic (exact) mass is 1020 g/mol. The Morgan fingerprint density at radius 3 is 1.41 bits per heavy atom. The molecule has 10 unspecified atom stereocenters. The molecule has 0 radical (unpaired) electrons. The maximum absolute atomic E-state index is 12.6. The van der Waals surface area contributed by atoms with Gasteiger partial charge in [0.05, 0.1) is 82.8 Å². The van der Waals surface area contributed by atoms with Gasteiger partial charge in [0.25, 0.3) is 0 Å². The van der Waals surface area contributed by atoms with Gasteiger partial charge in [-0.1, -0.05) is 6.42 Å². The van der Waals surface area contributed by atoms with Gasteiger partial charge in [0, 0.05) is 6.42 Å². The molecule has 0 spiro atoms. The molecule has 1 N–H and O–H groups in total. The summed E-state index contributed by atoms with van der Waals surface area (Å²) in [5.74, 6) is -6.91. The summed E-state index contributed by atoms with van der Waals surface area (Å²) >= 11 is 0. The van der Waals surface area contributed by atoms with Crippen molar-refractivity contribution in [2.24, 2.45) is 0 Å². The van der Waals surface area contributed by atoms with Crippen LogP contribution in [0.1, 0.15) is 127 Å². The van der Waals surface area contributed by atoms with Gasteiger partial charge in [-0.2, -0.15) is 0 Å². The first kappa shape index (κ1) is 53.5. The number of carboxylic acid groups (broad SMARTS) is 1. The zero-order valence-electron chi connectivity index (χ0n) is 36.3. The second kappa shape index (κ2) is 24.2. The van der Waals surface area contributed by atoms with Crippen LogP contribution < -0.4 is 0 Å². The van der Waals surface area contributed by atoms with Gasteiger partial charge in [-0.25, -0.2) is 0 Å². The Morgan fingerprint density at radius 2 is 1.00 bits per heavy atom. The third kappa shape index (κ3) is 19.5. The van der Waals surface area contributed by atoms with Crippen LogP contribution in [0.15, 0.2) is 0 Å². The van der Waals surface area contributed by atoms with Crippen molar-refractivity contribution in [3.05, 3.63) is 6.92 Å². The molecule has 342 valence electrons. The van der Waals surface area contributed by atoms with Crippen LogP contribution in [0.4, 0.5) is 0 Å². The molecule has 5 aliphatic rings. The minimum absolute atomic E-state index is 0. The molecule has 17 nitrogen and oxygen atoms in total. The molecule has 5 heterocycles. The number of hydrogen-bond acceptors (Lipinski definition) is 16. The van der Waals surface area contributed by atoms with Crippen molar-refractivity contribution in [3.8, 4) is 0 Å². The van der Waals surface area contributed by atoms with Gasteiger partial charge in [0.2, 0.25) is 5.79 Å². The number of carbonyl (C=O) groups excluding carboxylic acids is 3. The largest absolute Gasteiger partial charge is 2.00 e. The number of carboxylic acids is 1. The summed E-state index contributed by atoms with van der Waals surface area (Å²) in [7, 11) is 0. The minimum atomic E-state index is -1.28. The van der Waals surface area contributed by atoms with Crippen molar-refractivity contribution in [1.29, 1.82) is 0 Å². The van der Waals surface area contributed by atoms with E-state index in [9.17, 15) is 19.2 Å². The minimum Gasteiger partial charge on any atom is -0.542 e. The third-order valence-electron chi connectivity index (χ3n) is 9.92. The van der Waals surface area contributed by atoms with Crippen LogP contribution in [0.25, 0.3) is 0 Å². The molecule has 18 heteroatoms. The van der Waals surface area contributed by atoms with E-state index in [0.717, 1.165) is 25.7 Å². The second-order valence-corrected chi connectivity index (χ2v) is 16.5. The molecule has 0 aliphatic carbocycles. The summed E-state index contributed by atoms with van der Waals surface area (Å²) in [6.07, 6.45) is 5.13. The van der Waals surface area contributed by atoms with E-state index in [2.05, 4.69) is 6.92 Å². The molecule has 0 aromatic heterocycles. The Morgan fingerprint density at radius 1 is 0.627 bits per heavy atom. The first-order chi connectivity index (χ1) is 27.1. The van der Waals surface area contributed by atoms with E-state index in [-0.39, 0.29) is 89.0 Å². The SMILES string of the molecule is CC1CCOC(C)(CC(=O)O)O1.CC1CCOC(C)(C[C-]=O)O1.[CH2-][C@@H](CC1(COC(=O)CC2(C)OCCC(C)O2)OCCC(C)O1)OC(=O)CC1(C)OCCC(C)O1.[Os+2]. The Kier molecular flexibility index (Phi) is 22.0. The molecule has 5 saturated heterocycles. The van der Waals surface area contributed by atoms with Crippen LogP contribution in [-0.4, -0.2) is 135 Å². The van der Waals surface area contributed by atoms with Gasteiger partial charge in [0.1, 0.15) is 12.4 Å².